The lowest BCUT2D eigenvalue weighted by Gasteiger charge is -2.05. The van der Waals surface area contributed by atoms with Crippen molar-refractivity contribution in [2.75, 3.05) is 0 Å². The van der Waals surface area contributed by atoms with Crippen molar-refractivity contribution in [2.24, 2.45) is 0 Å². The predicted octanol–water partition coefficient (Wildman–Crippen LogP) is 1.97. The average molecular weight is 180 g/mol. The molecule has 0 radical (unpaired) electrons. The quantitative estimate of drug-likeness (QED) is 0.662. The Labute approximate surface area is 75.0 Å². The Bertz CT molecular complexity index is 396. The molecule has 0 atom stereocenters. The highest BCUT2D eigenvalue weighted by molar-refractivity contribution is 6.03. The molecule has 0 aliphatic heterocycles. The minimum absolute atomic E-state index is 0.0874. The molecule has 2 nitrogen and oxygen atoms in total. The lowest BCUT2D eigenvalue weighted by Crippen LogP contribution is -1.96. The molecule has 0 bridgehead atoms. The van der Waals surface area contributed by atoms with Gasteiger partial charge in [0.2, 0.25) is 0 Å². The highest BCUT2D eigenvalue weighted by Gasteiger charge is 2.25. The van der Waals surface area contributed by atoms with Gasteiger partial charge in [0.1, 0.15) is 11.6 Å². The van der Waals surface area contributed by atoms with Crippen molar-refractivity contribution in [3.8, 4) is 5.75 Å². The number of Topliss-reactive ketones (excluding diaryl/α,β-unsaturated/α-hetero) is 1. The van der Waals surface area contributed by atoms with Crippen LogP contribution in [0.1, 0.15) is 27.9 Å². The second-order valence-corrected chi connectivity index (χ2v) is 3.29. The van der Waals surface area contributed by atoms with Crippen molar-refractivity contribution in [3.05, 3.63) is 28.6 Å². The number of benzene rings is 1. The fraction of sp³-hybridized carbons (Fsp3) is 0.300. The third-order valence-electron chi connectivity index (χ3n) is 2.47. The number of aromatic hydroxyl groups is 1. The van der Waals surface area contributed by atoms with Crippen LogP contribution in [0.2, 0.25) is 0 Å². The maximum absolute atomic E-state index is 13.1. The molecular weight excluding hydrogens is 171 g/mol. The summed E-state index contributed by atoms with van der Waals surface area (Å²) in [6.45, 7) is 1.47. The molecule has 0 heterocycles. The molecule has 0 saturated heterocycles. The SMILES string of the molecule is Cc1c(F)cc2c(c1O)C(=O)CC2. The summed E-state index contributed by atoms with van der Waals surface area (Å²) < 4.78 is 13.1. The normalized spacial score (nSPS) is 14.8. The van der Waals surface area contributed by atoms with Crippen molar-refractivity contribution < 1.29 is 14.3 Å². The van der Waals surface area contributed by atoms with Gasteiger partial charge in [-0.25, -0.2) is 4.39 Å². The van der Waals surface area contributed by atoms with Crippen LogP contribution in [0.5, 0.6) is 5.75 Å². The van der Waals surface area contributed by atoms with Crippen LogP contribution < -0.4 is 0 Å². The van der Waals surface area contributed by atoms with Crippen LogP contribution in [0.25, 0.3) is 0 Å². The molecule has 2 rings (SSSR count). The van der Waals surface area contributed by atoms with E-state index in [-0.39, 0.29) is 17.1 Å². The van der Waals surface area contributed by atoms with E-state index in [9.17, 15) is 14.3 Å². The maximum atomic E-state index is 13.1. The van der Waals surface area contributed by atoms with Gasteiger partial charge in [0, 0.05) is 12.0 Å². The second kappa shape index (κ2) is 2.55. The van der Waals surface area contributed by atoms with E-state index in [0.717, 1.165) is 0 Å². The smallest absolute Gasteiger partial charge is 0.167 e. The molecule has 0 amide bonds. The molecule has 1 aromatic carbocycles. The van der Waals surface area contributed by atoms with E-state index in [0.29, 0.717) is 24.0 Å². The van der Waals surface area contributed by atoms with Crippen LogP contribution in [-0.4, -0.2) is 10.9 Å². The van der Waals surface area contributed by atoms with Crippen LogP contribution in [-0.2, 0) is 6.42 Å². The van der Waals surface area contributed by atoms with Crippen LogP contribution in [0.3, 0.4) is 0 Å². The monoisotopic (exact) mass is 180 g/mol. The largest absolute Gasteiger partial charge is 0.507 e. The van der Waals surface area contributed by atoms with E-state index in [4.69, 9.17) is 0 Å². The highest BCUT2D eigenvalue weighted by Crippen LogP contribution is 2.33. The molecule has 0 unspecified atom stereocenters. The molecular formula is C10H9FO2. The Kier molecular flexibility index (Phi) is 1.62. The lowest BCUT2D eigenvalue weighted by atomic mass is 10.0. The van der Waals surface area contributed by atoms with Crippen LogP contribution in [0, 0.1) is 12.7 Å². The summed E-state index contributed by atoms with van der Waals surface area (Å²) in [4.78, 5) is 11.3. The summed E-state index contributed by atoms with van der Waals surface area (Å²) >= 11 is 0. The first-order valence-electron chi connectivity index (χ1n) is 4.15. The molecule has 0 fully saturated rings. The third kappa shape index (κ3) is 1.03. The number of carbonyl (C=O) groups is 1. The molecule has 0 saturated carbocycles. The number of fused-ring (bicyclic) bond motifs is 1. The number of phenols is 1. The van der Waals surface area contributed by atoms with Crippen LogP contribution in [0.4, 0.5) is 4.39 Å². The number of hydrogen-bond acceptors (Lipinski definition) is 2. The number of carbonyl (C=O) groups excluding carboxylic acids is 1. The molecule has 0 aromatic heterocycles. The summed E-state index contributed by atoms with van der Waals surface area (Å²) in [5, 5.41) is 9.51. The van der Waals surface area contributed by atoms with Gasteiger partial charge >= 0.3 is 0 Å². The van der Waals surface area contributed by atoms with E-state index in [2.05, 4.69) is 0 Å². The summed E-state index contributed by atoms with van der Waals surface area (Å²) in [6, 6.07) is 1.34. The summed E-state index contributed by atoms with van der Waals surface area (Å²) in [5.41, 5.74) is 1.11. The number of ketones is 1. The van der Waals surface area contributed by atoms with E-state index in [1.54, 1.807) is 0 Å². The first-order valence-corrected chi connectivity index (χ1v) is 4.15. The zero-order valence-electron chi connectivity index (χ0n) is 7.22. The molecule has 13 heavy (non-hydrogen) atoms. The minimum Gasteiger partial charge on any atom is -0.507 e. The van der Waals surface area contributed by atoms with Crippen molar-refractivity contribution >= 4 is 5.78 Å². The number of rotatable bonds is 0. The Hall–Kier alpha value is -1.38. The van der Waals surface area contributed by atoms with Gasteiger partial charge in [0.25, 0.3) is 0 Å². The van der Waals surface area contributed by atoms with Gasteiger partial charge in [-0.15, -0.1) is 0 Å². The number of hydrogen-bond donors (Lipinski definition) is 1. The van der Waals surface area contributed by atoms with Crippen molar-refractivity contribution in [1.82, 2.24) is 0 Å². The minimum atomic E-state index is -0.439. The Morgan fingerprint density at radius 2 is 2.15 bits per heavy atom. The molecule has 3 heteroatoms. The predicted molar refractivity (Wildman–Crippen MR) is 45.5 cm³/mol. The zero-order valence-corrected chi connectivity index (χ0v) is 7.22. The van der Waals surface area contributed by atoms with E-state index in [1.807, 2.05) is 0 Å². The first-order chi connectivity index (χ1) is 6.11. The van der Waals surface area contributed by atoms with Gasteiger partial charge in [0.15, 0.2) is 5.78 Å². The molecule has 0 spiro atoms. The molecule has 1 aliphatic rings. The van der Waals surface area contributed by atoms with Crippen molar-refractivity contribution in [2.45, 2.75) is 19.8 Å². The lowest BCUT2D eigenvalue weighted by molar-refractivity contribution is 0.0992. The van der Waals surface area contributed by atoms with E-state index < -0.39 is 5.82 Å². The summed E-state index contributed by atoms with van der Waals surface area (Å²) in [7, 11) is 0. The molecule has 1 N–H and O–H groups in total. The average Bonchev–Trinajstić information content (AvgIpc) is 2.43. The van der Waals surface area contributed by atoms with Crippen molar-refractivity contribution in [3.63, 3.8) is 0 Å². The zero-order chi connectivity index (χ0) is 9.59. The van der Waals surface area contributed by atoms with Gasteiger partial charge in [-0.05, 0) is 25.0 Å². The van der Waals surface area contributed by atoms with Gasteiger partial charge in [0.05, 0.1) is 5.56 Å². The topological polar surface area (TPSA) is 37.3 Å². The highest BCUT2D eigenvalue weighted by atomic mass is 19.1. The van der Waals surface area contributed by atoms with Gasteiger partial charge in [-0.2, -0.15) is 0 Å². The Balaban J connectivity index is 2.75. The second-order valence-electron chi connectivity index (χ2n) is 3.29. The van der Waals surface area contributed by atoms with Crippen molar-refractivity contribution in [1.29, 1.82) is 0 Å². The van der Waals surface area contributed by atoms with Gasteiger partial charge in [-0.1, -0.05) is 0 Å². The van der Waals surface area contributed by atoms with E-state index in [1.165, 1.54) is 13.0 Å². The van der Waals surface area contributed by atoms with E-state index >= 15 is 0 Å². The molecule has 1 aliphatic carbocycles. The van der Waals surface area contributed by atoms with Crippen LogP contribution >= 0.6 is 0 Å². The van der Waals surface area contributed by atoms with Gasteiger partial charge < -0.3 is 5.11 Å². The van der Waals surface area contributed by atoms with Crippen LogP contribution in [0.15, 0.2) is 6.07 Å². The Morgan fingerprint density at radius 3 is 2.85 bits per heavy atom. The molecule has 1 aromatic rings. The molecule has 68 valence electrons. The summed E-state index contributed by atoms with van der Waals surface area (Å²) in [5.74, 6) is -0.709. The fourth-order valence-electron chi connectivity index (χ4n) is 1.67. The number of aryl methyl sites for hydroxylation is 1. The Morgan fingerprint density at radius 1 is 1.46 bits per heavy atom. The number of halogens is 1. The standard InChI is InChI=1S/C10H9FO2/c1-5-7(11)4-6-2-3-8(12)9(6)10(5)13/h4,13H,2-3H2,1H3. The third-order valence-corrected chi connectivity index (χ3v) is 2.47. The number of phenolic OH excluding ortho intramolecular Hbond substituents is 1. The fourth-order valence-corrected chi connectivity index (χ4v) is 1.67. The van der Waals surface area contributed by atoms with Gasteiger partial charge in [-0.3, -0.25) is 4.79 Å². The summed E-state index contributed by atoms with van der Waals surface area (Å²) in [6.07, 6.45) is 0.921. The maximum Gasteiger partial charge on any atom is 0.167 e. The first kappa shape index (κ1) is 8.23.